The van der Waals surface area contributed by atoms with Gasteiger partial charge in [0.25, 0.3) is 5.91 Å². The van der Waals surface area contributed by atoms with E-state index in [1.54, 1.807) is 43.0 Å². The highest BCUT2D eigenvalue weighted by Crippen LogP contribution is 2.35. The Morgan fingerprint density at radius 1 is 1.21 bits per heavy atom. The molecule has 1 aliphatic heterocycles. The molecular weight excluding hydrogens is 396 g/mol. The third kappa shape index (κ3) is 4.80. The fourth-order valence-electron chi connectivity index (χ4n) is 2.85. The molecule has 0 saturated carbocycles. The van der Waals surface area contributed by atoms with Gasteiger partial charge in [-0.2, -0.15) is 0 Å². The molecule has 150 valence electrons. The van der Waals surface area contributed by atoms with E-state index in [0.717, 1.165) is 10.6 Å². The van der Waals surface area contributed by atoms with E-state index < -0.39 is 16.1 Å². The maximum atomic E-state index is 12.6. The van der Waals surface area contributed by atoms with Crippen molar-refractivity contribution >= 4 is 33.4 Å². The van der Waals surface area contributed by atoms with Crippen molar-refractivity contribution in [3.05, 3.63) is 54.1 Å². The third-order valence-electron chi connectivity index (χ3n) is 4.42. The first-order valence-corrected chi connectivity index (χ1v) is 11.7. The number of fused-ring (bicyclic) bond motifs is 1. The summed E-state index contributed by atoms with van der Waals surface area (Å²) in [4.78, 5) is 13.7. The van der Waals surface area contributed by atoms with Gasteiger partial charge >= 0.3 is 0 Å². The molecule has 0 bridgehead atoms. The average molecular weight is 421 g/mol. The van der Waals surface area contributed by atoms with Crippen molar-refractivity contribution in [2.45, 2.75) is 24.8 Å². The standard InChI is InChI=1S/C20H24N2O4S2/c1-3-28(24,25)22-14-19(26-18-7-5-4-6-17(18)22)20(23)21-12-13-27-16-10-8-15(2)9-11-16/h4-11,19H,3,12-14H2,1-2H3,(H,21,23)/t19-/m0/s1. The van der Waals surface area contributed by atoms with Gasteiger partial charge in [-0.25, -0.2) is 8.42 Å². The van der Waals surface area contributed by atoms with Gasteiger partial charge in [0.15, 0.2) is 6.10 Å². The highest BCUT2D eigenvalue weighted by molar-refractivity contribution is 7.99. The number of thioether (sulfide) groups is 1. The molecule has 0 radical (unpaired) electrons. The highest BCUT2D eigenvalue weighted by Gasteiger charge is 2.35. The van der Waals surface area contributed by atoms with Gasteiger partial charge in [0.05, 0.1) is 18.0 Å². The topological polar surface area (TPSA) is 75.7 Å². The van der Waals surface area contributed by atoms with Crippen molar-refractivity contribution in [3.63, 3.8) is 0 Å². The molecule has 0 spiro atoms. The third-order valence-corrected chi connectivity index (χ3v) is 7.18. The molecule has 1 heterocycles. The zero-order valence-corrected chi connectivity index (χ0v) is 17.6. The van der Waals surface area contributed by atoms with Crippen molar-refractivity contribution in [2.75, 3.05) is 28.9 Å². The molecule has 28 heavy (non-hydrogen) atoms. The first-order valence-electron chi connectivity index (χ1n) is 9.14. The van der Waals surface area contributed by atoms with E-state index in [0.29, 0.717) is 18.0 Å². The number of nitrogens with one attached hydrogen (secondary N) is 1. The van der Waals surface area contributed by atoms with Gasteiger partial charge in [0, 0.05) is 17.2 Å². The number of carbonyl (C=O) groups is 1. The molecule has 0 aromatic heterocycles. The first kappa shape index (κ1) is 20.5. The summed E-state index contributed by atoms with van der Waals surface area (Å²) in [7, 11) is -3.50. The van der Waals surface area contributed by atoms with Gasteiger partial charge in [-0.05, 0) is 38.1 Å². The van der Waals surface area contributed by atoms with Gasteiger partial charge in [-0.1, -0.05) is 29.8 Å². The Balaban J connectivity index is 1.60. The van der Waals surface area contributed by atoms with Crippen LogP contribution in [0.1, 0.15) is 12.5 Å². The van der Waals surface area contributed by atoms with E-state index in [1.807, 2.05) is 6.92 Å². The van der Waals surface area contributed by atoms with Crippen LogP contribution in [0, 0.1) is 6.92 Å². The normalized spacial score (nSPS) is 16.2. The zero-order valence-electron chi connectivity index (χ0n) is 15.9. The molecule has 0 aliphatic carbocycles. The Labute approximate surface area is 170 Å². The van der Waals surface area contributed by atoms with E-state index >= 15 is 0 Å². The molecule has 0 unspecified atom stereocenters. The number of benzene rings is 2. The lowest BCUT2D eigenvalue weighted by Crippen LogP contribution is -2.51. The Morgan fingerprint density at radius 2 is 1.93 bits per heavy atom. The quantitative estimate of drug-likeness (QED) is 0.551. The molecule has 1 aliphatic rings. The summed E-state index contributed by atoms with van der Waals surface area (Å²) in [5.41, 5.74) is 1.68. The predicted molar refractivity (Wildman–Crippen MR) is 113 cm³/mol. The maximum absolute atomic E-state index is 12.6. The Bertz CT molecular complexity index is 929. The van der Waals surface area contributed by atoms with Crippen LogP contribution in [0.3, 0.4) is 0 Å². The van der Waals surface area contributed by atoms with Crippen LogP contribution in [-0.4, -0.2) is 45.0 Å². The number of hydrogen-bond acceptors (Lipinski definition) is 5. The minimum atomic E-state index is -3.50. The second kappa shape index (κ2) is 8.87. The minimum Gasteiger partial charge on any atom is -0.476 e. The predicted octanol–water partition coefficient (Wildman–Crippen LogP) is 2.82. The van der Waals surface area contributed by atoms with Crippen LogP contribution in [0.2, 0.25) is 0 Å². The summed E-state index contributed by atoms with van der Waals surface area (Å²) in [6.07, 6.45) is -0.874. The van der Waals surface area contributed by atoms with Crippen molar-refractivity contribution in [1.82, 2.24) is 5.32 Å². The van der Waals surface area contributed by atoms with Crippen LogP contribution in [0.5, 0.6) is 5.75 Å². The van der Waals surface area contributed by atoms with E-state index in [-0.39, 0.29) is 18.2 Å². The Morgan fingerprint density at radius 3 is 2.64 bits per heavy atom. The fourth-order valence-corrected chi connectivity index (χ4v) is 4.74. The average Bonchev–Trinajstić information content (AvgIpc) is 2.71. The number of sulfonamides is 1. The molecular formula is C20H24N2O4S2. The van der Waals surface area contributed by atoms with E-state index in [1.165, 1.54) is 9.87 Å². The van der Waals surface area contributed by atoms with Gasteiger partial charge in [0.1, 0.15) is 5.75 Å². The van der Waals surface area contributed by atoms with Crippen molar-refractivity contribution in [2.24, 2.45) is 0 Å². The first-order chi connectivity index (χ1) is 13.4. The summed E-state index contributed by atoms with van der Waals surface area (Å²) < 4.78 is 32.0. The number of para-hydroxylation sites is 2. The van der Waals surface area contributed by atoms with E-state index in [2.05, 4.69) is 29.6 Å². The molecule has 0 saturated heterocycles. The number of ether oxygens (including phenoxy) is 1. The second-order valence-electron chi connectivity index (χ2n) is 6.46. The lowest BCUT2D eigenvalue weighted by atomic mass is 10.2. The fraction of sp³-hybridized carbons (Fsp3) is 0.350. The van der Waals surface area contributed by atoms with Crippen LogP contribution in [-0.2, 0) is 14.8 Å². The molecule has 3 rings (SSSR count). The van der Waals surface area contributed by atoms with Crippen LogP contribution >= 0.6 is 11.8 Å². The molecule has 2 aromatic rings. The number of hydrogen-bond donors (Lipinski definition) is 1. The lowest BCUT2D eigenvalue weighted by Gasteiger charge is -2.34. The monoisotopic (exact) mass is 420 g/mol. The molecule has 1 atom stereocenters. The smallest absolute Gasteiger partial charge is 0.263 e. The summed E-state index contributed by atoms with van der Waals surface area (Å²) in [5.74, 6) is 0.771. The lowest BCUT2D eigenvalue weighted by molar-refractivity contribution is -0.127. The molecule has 0 fully saturated rings. The van der Waals surface area contributed by atoms with Gasteiger partial charge < -0.3 is 10.1 Å². The van der Waals surface area contributed by atoms with Gasteiger partial charge in [0.2, 0.25) is 10.0 Å². The number of nitrogens with zero attached hydrogens (tertiary/aromatic N) is 1. The second-order valence-corrected chi connectivity index (χ2v) is 9.81. The number of aryl methyl sites for hydroxylation is 1. The minimum absolute atomic E-state index is 0.0237. The molecule has 1 N–H and O–H groups in total. The number of carbonyl (C=O) groups excluding carboxylic acids is 1. The number of rotatable bonds is 7. The molecule has 2 aromatic carbocycles. The highest BCUT2D eigenvalue weighted by atomic mass is 32.2. The van der Waals surface area contributed by atoms with Crippen LogP contribution in [0.25, 0.3) is 0 Å². The number of amides is 1. The summed E-state index contributed by atoms with van der Waals surface area (Å²) >= 11 is 1.65. The van der Waals surface area contributed by atoms with E-state index in [4.69, 9.17) is 4.74 Å². The number of anilines is 1. The maximum Gasteiger partial charge on any atom is 0.263 e. The van der Waals surface area contributed by atoms with Gasteiger partial charge in [-0.3, -0.25) is 9.10 Å². The summed E-state index contributed by atoms with van der Waals surface area (Å²) in [6, 6.07) is 15.1. The van der Waals surface area contributed by atoms with Crippen molar-refractivity contribution < 1.29 is 17.9 Å². The van der Waals surface area contributed by atoms with Gasteiger partial charge in [-0.15, -0.1) is 11.8 Å². The molecule has 1 amide bonds. The molecule has 6 nitrogen and oxygen atoms in total. The summed E-state index contributed by atoms with van der Waals surface area (Å²) in [6.45, 7) is 4.08. The van der Waals surface area contributed by atoms with Crippen molar-refractivity contribution in [1.29, 1.82) is 0 Å². The zero-order chi connectivity index (χ0) is 20.1. The Kier molecular flexibility index (Phi) is 6.51. The van der Waals surface area contributed by atoms with Crippen LogP contribution in [0.4, 0.5) is 5.69 Å². The SMILES string of the molecule is CCS(=O)(=O)N1C[C@@H](C(=O)NCCSc2ccc(C)cc2)Oc2ccccc21. The van der Waals surface area contributed by atoms with Crippen LogP contribution in [0.15, 0.2) is 53.4 Å². The van der Waals surface area contributed by atoms with Crippen LogP contribution < -0.4 is 14.4 Å². The summed E-state index contributed by atoms with van der Waals surface area (Å²) in [5, 5.41) is 2.85. The Hall–Kier alpha value is -2.19. The largest absolute Gasteiger partial charge is 0.476 e. The van der Waals surface area contributed by atoms with E-state index in [9.17, 15) is 13.2 Å². The van der Waals surface area contributed by atoms with Crippen molar-refractivity contribution in [3.8, 4) is 5.75 Å². The molecule has 8 heteroatoms.